The van der Waals surface area contributed by atoms with E-state index >= 15 is 0 Å². The lowest BCUT2D eigenvalue weighted by atomic mass is 10.1. The zero-order valence-corrected chi connectivity index (χ0v) is 12.3. The van der Waals surface area contributed by atoms with Gasteiger partial charge in [0.05, 0.1) is 23.6 Å². The summed E-state index contributed by atoms with van der Waals surface area (Å²) in [5, 5.41) is 9.37. The largest absolute Gasteiger partial charge is 0.416 e. The maximum Gasteiger partial charge on any atom is 0.416 e. The molecule has 122 valence electrons. The van der Waals surface area contributed by atoms with Crippen molar-refractivity contribution < 1.29 is 18.3 Å². The Morgan fingerprint density at radius 3 is 2.26 bits per heavy atom. The van der Waals surface area contributed by atoms with Crippen LogP contribution in [0.4, 0.5) is 19.1 Å². The SMILES string of the molecule is OCc1cc(-c2ccc(C(F)(F)F)cc2)nc(N2CCCC2)n1. The number of rotatable bonds is 3. The molecule has 0 atom stereocenters. The Morgan fingerprint density at radius 2 is 1.70 bits per heavy atom. The van der Waals surface area contributed by atoms with Crippen LogP contribution in [0.5, 0.6) is 0 Å². The molecular weight excluding hydrogens is 307 g/mol. The fourth-order valence-corrected chi connectivity index (χ4v) is 2.60. The van der Waals surface area contributed by atoms with Crippen LogP contribution in [0.2, 0.25) is 0 Å². The fourth-order valence-electron chi connectivity index (χ4n) is 2.60. The van der Waals surface area contributed by atoms with E-state index < -0.39 is 11.7 Å². The van der Waals surface area contributed by atoms with Crippen molar-refractivity contribution in [1.29, 1.82) is 0 Å². The summed E-state index contributed by atoms with van der Waals surface area (Å²) in [6, 6.07) is 6.44. The summed E-state index contributed by atoms with van der Waals surface area (Å²) in [4.78, 5) is 10.8. The minimum absolute atomic E-state index is 0.239. The predicted octanol–water partition coefficient (Wildman–Crippen LogP) is 3.25. The van der Waals surface area contributed by atoms with Gasteiger partial charge in [0.2, 0.25) is 5.95 Å². The zero-order chi connectivity index (χ0) is 16.4. The van der Waals surface area contributed by atoms with Crippen LogP contribution in [-0.2, 0) is 12.8 Å². The molecule has 1 N–H and O–H groups in total. The van der Waals surface area contributed by atoms with Gasteiger partial charge in [0.1, 0.15) is 0 Å². The monoisotopic (exact) mass is 323 g/mol. The molecule has 2 heterocycles. The van der Waals surface area contributed by atoms with Crippen molar-refractivity contribution in [3.8, 4) is 11.3 Å². The van der Waals surface area contributed by atoms with Gasteiger partial charge < -0.3 is 10.0 Å². The number of hydrogen-bond donors (Lipinski definition) is 1. The molecule has 2 aromatic rings. The maximum atomic E-state index is 12.6. The summed E-state index contributed by atoms with van der Waals surface area (Å²) in [6.07, 6.45) is -2.24. The third kappa shape index (κ3) is 3.44. The molecule has 0 aliphatic carbocycles. The average molecular weight is 323 g/mol. The molecule has 1 aromatic heterocycles. The highest BCUT2D eigenvalue weighted by Gasteiger charge is 2.30. The smallest absolute Gasteiger partial charge is 0.390 e. The van der Waals surface area contributed by atoms with E-state index in [2.05, 4.69) is 9.97 Å². The number of hydrogen-bond acceptors (Lipinski definition) is 4. The lowest BCUT2D eigenvalue weighted by Crippen LogP contribution is -2.21. The van der Waals surface area contributed by atoms with E-state index in [0.717, 1.165) is 38.1 Å². The lowest BCUT2D eigenvalue weighted by Gasteiger charge is -2.17. The molecule has 1 fully saturated rings. The van der Waals surface area contributed by atoms with Gasteiger partial charge in [0.25, 0.3) is 0 Å². The van der Waals surface area contributed by atoms with Crippen LogP contribution in [0.15, 0.2) is 30.3 Å². The van der Waals surface area contributed by atoms with Crippen LogP contribution in [0.3, 0.4) is 0 Å². The van der Waals surface area contributed by atoms with Crippen LogP contribution in [-0.4, -0.2) is 28.2 Å². The molecular formula is C16H16F3N3O. The summed E-state index contributed by atoms with van der Waals surface area (Å²) in [5.41, 5.74) is 0.837. The quantitative estimate of drug-likeness (QED) is 0.942. The second kappa shape index (κ2) is 6.16. The van der Waals surface area contributed by atoms with Gasteiger partial charge >= 0.3 is 6.18 Å². The average Bonchev–Trinajstić information content (AvgIpc) is 3.08. The molecule has 1 saturated heterocycles. The second-order valence-electron chi connectivity index (χ2n) is 5.47. The van der Waals surface area contributed by atoms with Gasteiger partial charge in [-0.2, -0.15) is 13.2 Å². The summed E-state index contributed by atoms with van der Waals surface area (Å²) < 4.78 is 37.9. The van der Waals surface area contributed by atoms with Crippen molar-refractivity contribution in [3.05, 3.63) is 41.6 Å². The number of halogens is 3. The summed E-state index contributed by atoms with van der Waals surface area (Å²) in [7, 11) is 0. The van der Waals surface area contributed by atoms with E-state index in [-0.39, 0.29) is 6.61 Å². The first-order valence-electron chi connectivity index (χ1n) is 7.39. The third-order valence-corrected chi connectivity index (χ3v) is 3.83. The van der Waals surface area contributed by atoms with Gasteiger partial charge in [-0.15, -0.1) is 0 Å². The Morgan fingerprint density at radius 1 is 1.04 bits per heavy atom. The van der Waals surface area contributed by atoms with Crippen LogP contribution < -0.4 is 4.90 Å². The first kappa shape index (κ1) is 15.7. The van der Waals surface area contributed by atoms with Crippen molar-refractivity contribution in [1.82, 2.24) is 9.97 Å². The standard InChI is InChI=1S/C16H16F3N3O/c17-16(18,19)12-5-3-11(4-6-12)14-9-13(10-23)20-15(21-14)22-7-1-2-8-22/h3-6,9,23H,1-2,7-8,10H2. The maximum absolute atomic E-state index is 12.6. The number of alkyl halides is 3. The minimum Gasteiger partial charge on any atom is -0.390 e. The van der Waals surface area contributed by atoms with Crippen molar-refractivity contribution in [3.63, 3.8) is 0 Å². The highest BCUT2D eigenvalue weighted by Crippen LogP contribution is 2.31. The summed E-state index contributed by atoms with van der Waals surface area (Å²) >= 11 is 0. The molecule has 0 saturated carbocycles. The molecule has 3 rings (SSSR count). The number of anilines is 1. The van der Waals surface area contributed by atoms with Crippen molar-refractivity contribution in [2.45, 2.75) is 25.6 Å². The van der Waals surface area contributed by atoms with E-state index in [4.69, 9.17) is 0 Å². The predicted molar refractivity (Wildman–Crippen MR) is 79.8 cm³/mol. The van der Waals surface area contributed by atoms with Crippen LogP contribution >= 0.6 is 0 Å². The van der Waals surface area contributed by atoms with Crippen molar-refractivity contribution >= 4 is 5.95 Å². The Hall–Kier alpha value is -2.15. The summed E-state index contributed by atoms with van der Waals surface area (Å²) in [5.74, 6) is 0.518. The number of aliphatic hydroxyl groups excluding tert-OH is 1. The van der Waals surface area contributed by atoms with Gasteiger partial charge in [-0.05, 0) is 31.0 Å². The topological polar surface area (TPSA) is 49.3 Å². The highest BCUT2D eigenvalue weighted by atomic mass is 19.4. The van der Waals surface area contributed by atoms with Gasteiger partial charge in [-0.1, -0.05) is 12.1 Å². The van der Waals surface area contributed by atoms with Gasteiger partial charge in [-0.3, -0.25) is 0 Å². The van der Waals surface area contributed by atoms with Crippen LogP contribution in [0.25, 0.3) is 11.3 Å². The molecule has 1 aliphatic heterocycles. The van der Waals surface area contributed by atoms with E-state index in [9.17, 15) is 18.3 Å². The molecule has 0 spiro atoms. The fraction of sp³-hybridized carbons (Fsp3) is 0.375. The summed E-state index contributed by atoms with van der Waals surface area (Å²) in [6.45, 7) is 1.46. The molecule has 23 heavy (non-hydrogen) atoms. The second-order valence-corrected chi connectivity index (χ2v) is 5.47. The number of nitrogens with zero attached hydrogens (tertiary/aromatic N) is 3. The number of aliphatic hydroxyl groups is 1. The lowest BCUT2D eigenvalue weighted by molar-refractivity contribution is -0.137. The number of benzene rings is 1. The Kier molecular flexibility index (Phi) is 4.21. The Balaban J connectivity index is 1.96. The molecule has 0 radical (unpaired) electrons. The first-order valence-corrected chi connectivity index (χ1v) is 7.39. The molecule has 1 aliphatic rings. The Bertz CT molecular complexity index is 680. The van der Waals surface area contributed by atoms with E-state index in [1.807, 2.05) is 4.90 Å². The van der Waals surface area contributed by atoms with Gasteiger partial charge in [0.15, 0.2) is 0 Å². The first-order chi connectivity index (χ1) is 11.0. The van der Waals surface area contributed by atoms with Gasteiger partial charge in [0, 0.05) is 18.7 Å². The highest BCUT2D eigenvalue weighted by molar-refractivity contribution is 5.61. The van der Waals surface area contributed by atoms with Crippen LogP contribution in [0.1, 0.15) is 24.1 Å². The Labute approximate surface area is 131 Å². The van der Waals surface area contributed by atoms with Crippen molar-refractivity contribution in [2.24, 2.45) is 0 Å². The zero-order valence-electron chi connectivity index (χ0n) is 12.3. The molecule has 4 nitrogen and oxygen atoms in total. The van der Waals surface area contributed by atoms with E-state index in [0.29, 0.717) is 22.9 Å². The normalized spacial score (nSPS) is 15.2. The third-order valence-electron chi connectivity index (χ3n) is 3.83. The molecule has 0 amide bonds. The minimum atomic E-state index is -4.36. The van der Waals surface area contributed by atoms with E-state index in [1.165, 1.54) is 12.1 Å². The molecule has 0 bridgehead atoms. The molecule has 7 heteroatoms. The van der Waals surface area contributed by atoms with Gasteiger partial charge in [-0.25, -0.2) is 9.97 Å². The molecule has 1 aromatic carbocycles. The number of aromatic nitrogens is 2. The van der Waals surface area contributed by atoms with Crippen molar-refractivity contribution in [2.75, 3.05) is 18.0 Å². The van der Waals surface area contributed by atoms with E-state index in [1.54, 1.807) is 6.07 Å². The van der Waals surface area contributed by atoms with Crippen LogP contribution in [0, 0.1) is 0 Å². The molecule has 0 unspecified atom stereocenters.